The molecule has 0 saturated heterocycles. The molecule has 0 bridgehead atoms. The van der Waals surface area contributed by atoms with Gasteiger partial charge in [0.05, 0.1) is 11.4 Å². The second-order valence-corrected chi connectivity index (χ2v) is 9.96. The molecule has 2 N–H and O–H groups in total. The van der Waals surface area contributed by atoms with Crippen molar-refractivity contribution in [3.8, 4) is 0 Å². The molecule has 7 heteroatoms. The van der Waals surface area contributed by atoms with Gasteiger partial charge >= 0.3 is 0 Å². The van der Waals surface area contributed by atoms with Crippen molar-refractivity contribution in [2.24, 2.45) is 5.14 Å². The van der Waals surface area contributed by atoms with E-state index in [4.69, 9.17) is 5.14 Å². The van der Waals surface area contributed by atoms with Crippen molar-refractivity contribution in [2.75, 3.05) is 25.5 Å². The number of hydrogen-bond acceptors (Lipinski definition) is 5. The van der Waals surface area contributed by atoms with Gasteiger partial charge in [0.1, 0.15) is 0 Å². The van der Waals surface area contributed by atoms with E-state index in [1.54, 1.807) is 18.2 Å². The maximum atomic E-state index is 12.9. The van der Waals surface area contributed by atoms with Crippen LogP contribution in [0.2, 0.25) is 0 Å². The van der Waals surface area contributed by atoms with E-state index in [0.29, 0.717) is 0 Å². The molecule has 1 aliphatic heterocycles. The first-order chi connectivity index (χ1) is 13.9. The van der Waals surface area contributed by atoms with Crippen LogP contribution < -0.4 is 10.0 Å². The Hall–Kier alpha value is -2.48. The summed E-state index contributed by atoms with van der Waals surface area (Å²) in [4.78, 5) is 17.0. The van der Waals surface area contributed by atoms with Crippen LogP contribution in [0, 0.1) is 0 Å². The SMILES string of the molecule is CC(c1ccc(S(N)(=O)=O)cc1)N(C)CC(=O)/C=C1/N(C)c2ccccc2C1(C)C. The smallest absolute Gasteiger partial charge is 0.238 e. The first-order valence-corrected chi connectivity index (χ1v) is 11.4. The monoisotopic (exact) mass is 427 g/mol. The number of nitrogens with two attached hydrogens (primary N) is 1. The molecular weight excluding hydrogens is 398 g/mol. The van der Waals surface area contributed by atoms with Crippen molar-refractivity contribution in [3.05, 3.63) is 71.4 Å². The third kappa shape index (κ3) is 4.19. The van der Waals surface area contributed by atoms with Gasteiger partial charge in [-0.2, -0.15) is 0 Å². The lowest BCUT2D eigenvalue weighted by Crippen LogP contribution is -2.30. The summed E-state index contributed by atoms with van der Waals surface area (Å²) in [6, 6.07) is 14.6. The molecule has 2 aromatic rings. The Morgan fingerprint density at radius 3 is 2.33 bits per heavy atom. The van der Waals surface area contributed by atoms with Gasteiger partial charge in [-0.3, -0.25) is 9.69 Å². The number of hydrogen-bond donors (Lipinski definition) is 1. The topological polar surface area (TPSA) is 83.7 Å². The molecule has 160 valence electrons. The van der Waals surface area contributed by atoms with Gasteiger partial charge in [0, 0.05) is 36.0 Å². The van der Waals surface area contributed by atoms with Crippen molar-refractivity contribution < 1.29 is 13.2 Å². The number of sulfonamides is 1. The fourth-order valence-corrected chi connectivity index (χ4v) is 4.55. The predicted octanol–water partition coefficient (Wildman–Crippen LogP) is 3.21. The minimum absolute atomic E-state index is 0.0215. The molecule has 0 aliphatic carbocycles. The Kier molecular flexibility index (Phi) is 5.91. The summed E-state index contributed by atoms with van der Waals surface area (Å²) in [5, 5.41) is 5.16. The average Bonchev–Trinajstić information content (AvgIpc) is 2.88. The highest BCUT2D eigenvalue weighted by atomic mass is 32.2. The zero-order valence-electron chi connectivity index (χ0n) is 18.1. The Morgan fingerprint density at radius 2 is 1.77 bits per heavy atom. The largest absolute Gasteiger partial charge is 0.347 e. The minimum Gasteiger partial charge on any atom is -0.347 e. The Labute approximate surface area is 179 Å². The van der Waals surface area contributed by atoms with Gasteiger partial charge in [-0.15, -0.1) is 0 Å². The number of ketones is 1. The number of fused-ring (bicyclic) bond motifs is 1. The van der Waals surface area contributed by atoms with E-state index in [0.717, 1.165) is 16.9 Å². The van der Waals surface area contributed by atoms with E-state index < -0.39 is 10.0 Å². The number of nitrogens with zero attached hydrogens (tertiary/aromatic N) is 2. The highest BCUT2D eigenvalue weighted by molar-refractivity contribution is 7.89. The average molecular weight is 428 g/mol. The lowest BCUT2D eigenvalue weighted by molar-refractivity contribution is -0.115. The molecule has 0 spiro atoms. The number of benzene rings is 2. The van der Waals surface area contributed by atoms with Crippen molar-refractivity contribution in [1.82, 2.24) is 4.90 Å². The summed E-state index contributed by atoms with van der Waals surface area (Å²) in [6.45, 7) is 6.50. The van der Waals surface area contributed by atoms with Crippen LogP contribution in [0.1, 0.15) is 37.9 Å². The van der Waals surface area contributed by atoms with Crippen molar-refractivity contribution in [3.63, 3.8) is 0 Å². The van der Waals surface area contributed by atoms with E-state index in [9.17, 15) is 13.2 Å². The van der Waals surface area contributed by atoms with E-state index in [1.165, 1.54) is 17.7 Å². The number of carbonyl (C=O) groups is 1. The van der Waals surface area contributed by atoms with Crippen molar-refractivity contribution in [1.29, 1.82) is 0 Å². The Balaban J connectivity index is 1.74. The number of anilines is 1. The van der Waals surface area contributed by atoms with E-state index in [2.05, 4.69) is 30.9 Å². The number of rotatable bonds is 6. The highest BCUT2D eigenvalue weighted by Crippen LogP contribution is 2.46. The third-order valence-corrected chi connectivity index (χ3v) is 6.92. The summed E-state index contributed by atoms with van der Waals surface area (Å²) >= 11 is 0. The van der Waals surface area contributed by atoms with E-state index in [-0.39, 0.29) is 28.7 Å². The molecule has 30 heavy (non-hydrogen) atoms. The molecule has 0 amide bonds. The zero-order chi connectivity index (χ0) is 22.3. The molecule has 1 atom stereocenters. The van der Waals surface area contributed by atoms with Crippen LogP contribution in [0.15, 0.2) is 65.2 Å². The lowest BCUT2D eigenvalue weighted by atomic mass is 9.83. The minimum atomic E-state index is -3.72. The second kappa shape index (κ2) is 7.98. The predicted molar refractivity (Wildman–Crippen MR) is 120 cm³/mol. The van der Waals surface area contributed by atoms with Gasteiger partial charge in [-0.1, -0.05) is 44.2 Å². The summed E-state index contributed by atoms with van der Waals surface area (Å²) in [7, 11) is 0.157. The maximum absolute atomic E-state index is 12.9. The highest BCUT2D eigenvalue weighted by Gasteiger charge is 2.38. The molecule has 6 nitrogen and oxygen atoms in total. The van der Waals surface area contributed by atoms with E-state index >= 15 is 0 Å². The van der Waals surface area contributed by atoms with Gasteiger partial charge < -0.3 is 4.90 Å². The number of allylic oxidation sites excluding steroid dienone is 1. The van der Waals surface area contributed by atoms with Crippen molar-refractivity contribution in [2.45, 2.75) is 37.1 Å². The molecule has 1 aliphatic rings. The summed E-state index contributed by atoms with van der Waals surface area (Å²) in [5.74, 6) is 0.0215. The fourth-order valence-electron chi connectivity index (χ4n) is 4.03. The van der Waals surface area contributed by atoms with Gasteiger partial charge in [-0.05, 0) is 43.3 Å². The molecule has 3 rings (SSSR count). The number of carbonyl (C=O) groups excluding carboxylic acids is 1. The molecule has 0 aromatic heterocycles. The molecule has 1 unspecified atom stereocenters. The first kappa shape index (κ1) is 22.2. The standard InChI is InChI=1S/C23H29N3O3S/c1-16(17-10-12-19(13-11-17)30(24,28)29)25(4)15-18(27)14-22-23(2,3)20-8-6-7-9-21(20)26(22)5/h6-14,16H,15H2,1-5H3,(H2,24,28,29)/b22-14+. The quantitative estimate of drug-likeness (QED) is 0.716. The molecule has 2 aromatic carbocycles. The number of likely N-dealkylation sites (N-methyl/N-ethyl adjacent to an activating group) is 2. The lowest BCUT2D eigenvalue weighted by Gasteiger charge is -2.26. The summed E-state index contributed by atoms with van der Waals surface area (Å²) in [6.07, 6.45) is 1.74. The van der Waals surface area contributed by atoms with Crippen LogP contribution >= 0.6 is 0 Å². The third-order valence-electron chi connectivity index (χ3n) is 6.00. The summed E-state index contributed by atoms with van der Waals surface area (Å²) in [5.41, 5.74) is 3.99. The molecule has 0 saturated carbocycles. The number of primary sulfonamides is 1. The van der Waals surface area contributed by atoms with Crippen molar-refractivity contribution >= 4 is 21.5 Å². The molecule has 0 fully saturated rings. The zero-order valence-corrected chi connectivity index (χ0v) is 18.9. The summed E-state index contributed by atoms with van der Waals surface area (Å²) < 4.78 is 22.9. The van der Waals surface area contributed by atoms with Crippen LogP contribution in [0.5, 0.6) is 0 Å². The Morgan fingerprint density at radius 1 is 1.17 bits per heavy atom. The Bertz CT molecular complexity index is 1090. The first-order valence-electron chi connectivity index (χ1n) is 9.84. The van der Waals surface area contributed by atoms with Gasteiger partial charge in [-0.25, -0.2) is 13.6 Å². The van der Waals surface area contributed by atoms with Gasteiger partial charge in [0.25, 0.3) is 0 Å². The normalized spacial score (nSPS) is 18.0. The van der Waals surface area contributed by atoms with Gasteiger partial charge in [0.2, 0.25) is 10.0 Å². The van der Waals surface area contributed by atoms with Crippen LogP contribution in [0.4, 0.5) is 5.69 Å². The molecule has 0 radical (unpaired) electrons. The van der Waals surface area contributed by atoms with Crippen LogP contribution in [-0.2, 0) is 20.2 Å². The maximum Gasteiger partial charge on any atom is 0.238 e. The molecular formula is C23H29N3O3S. The fraction of sp³-hybridized carbons (Fsp3) is 0.348. The molecule has 1 heterocycles. The van der Waals surface area contributed by atoms with Crippen LogP contribution in [0.25, 0.3) is 0 Å². The van der Waals surface area contributed by atoms with Crippen LogP contribution in [0.3, 0.4) is 0 Å². The second-order valence-electron chi connectivity index (χ2n) is 8.40. The number of para-hydroxylation sites is 1. The van der Waals surface area contributed by atoms with Crippen LogP contribution in [-0.4, -0.2) is 39.7 Å². The van der Waals surface area contributed by atoms with Gasteiger partial charge in [0.15, 0.2) is 5.78 Å². The van der Waals surface area contributed by atoms with E-state index in [1.807, 2.05) is 38.1 Å².